The number of nitrogens with zero attached hydrogens (tertiary/aromatic N) is 1. The summed E-state index contributed by atoms with van der Waals surface area (Å²) in [6, 6.07) is 7.03. The van der Waals surface area contributed by atoms with Gasteiger partial charge >= 0.3 is 5.97 Å². The maximum atomic E-state index is 12.1. The van der Waals surface area contributed by atoms with Gasteiger partial charge in [-0.05, 0) is 23.6 Å². The maximum absolute atomic E-state index is 12.1. The first-order chi connectivity index (χ1) is 8.88. The van der Waals surface area contributed by atoms with Crippen LogP contribution < -0.4 is 0 Å². The SMILES string of the molecule is CC(C)CN(CC(=O)O)C(=O)Cc1cccc(Cl)c1. The number of carbonyl (C=O) groups excluding carboxylic acids is 1. The minimum Gasteiger partial charge on any atom is -0.480 e. The van der Waals surface area contributed by atoms with Gasteiger partial charge in [0.2, 0.25) is 5.91 Å². The Hall–Kier alpha value is -1.55. The van der Waals surface area contributed by atoms with Gasteiger partial charge in [-0.25, -0.2) is 0 Å². The van der Waals surface area contributed by atoms with E-state index in [1.807, 2.05) is 13.8 Å². The largest absolute Gasteiger partial charge is 0.480 e. The van der Waals surface area contributed by atoms with E-state index < -0.39 is 5.97 Å². The van der Waals surface area contributed by atoms with Crippen LogP contribution in [0.25, 0.3) is 0 Å². The van der Waals surface area contributed by atoms with E-state index in [1.165, 1.54) is 4.90 Å². The molecule has 0 spiro atoms. The average molecular weight is 284 g/mol. The molecule has 0 aliphatic carbocycles. The van der Waals surface area contributed by atoms with Crippen LogP contribution in [0.1, 0.15) is 19.4 Å². The van der Waals surface area contributed by atoms with Crippen molar-refractivity contribution in [2.75, 3.05) is 13.1 Å². The minimum atomic E-state index is -1.000. The average Bonchev–Trinajstić information content (AvgIpc) is 2.26. The molecular formula is C14H18ClNO3. The highest BCUT2D eigenvalue weighted by atomic mass is 35.5. The van der Waals surface area contributed by atoms with Gasteiger partial charge < -0.3 is 10.0 Å². The molecule has 1 amide bonds. The van der Waals surface area contributed by atoms with E-state index in [1.54, 1.807) is 24.3 Å². The molecule has 1 aromatic rings. The Morgan fingerprint density at radius 1 is 1.37 bits per heavy atom. The van der Waals surface area contributed by atoms with Gasteiger partial charge in [0.1, 0.15) is 6.54 Å². The number of aliphatic carboxylic acids is 1. The van der Waals surface area contributed by atoms with Crippen molar-refractivity contribution in [2.45, 2.75) is 20.3 Å². The molecule has 0 saturated carbocycles. The van der Waals surface area contributed by atoms with Crippen molar-refractivity contribution < 1.29 is 14.7 Å². The number of hydrogen-bond acceptors (Lipinski definition) is 2. The van der Waals surface area contributed by atoms with E-state index in [4.69, 9.17) is 16.7 Å². The molecule has 104 valence electrons. The zero-order valence-corrected chi connectivity index (χ0v) is 11.9. The Balaban J connectivity index is 2.73. The molecule has 1 rings (SSSR count). The van der Waals surface area contributed by atoms with Crippen LogP contribution in [0.4, 0.5) is 0 Å². The summed E-state index contributed by atoms with van der Waals surface area (Å²) < 4.78 is 0. The molecule has 0 fully saturated rings. The molecule has 0 heterocycles. The Kier molecular flexibility index (Phi) is 5.83. The standard InChI is InChI=1S/C14H18ClNO3/c1-10(2)8-16(9-14(18)19)13(17)7-11-4-3-5-12(15)6-11/h3-6,10H,7-9H2,1-2H3,(H,18,19). The summed E-state index contributed by atoms with van der Waals surface area (Å²) in [6.07, 6.45) is 0.167. The minimum absolute atomic E-state index is 0.167. The van der Waals surface area contributed by atoms with Crippen molar-refractivity contribution >= 4 is 23.5 Å². The number of rotatable bonds is 6. The second kappa shape index (κ2) is 7.14. The van der Waals surface area contributed by atoms with Crippen molar-refractivity contribution in [3.63, 3.8) is 0 Å². The molecule has 1 N–H and O–H groups in total. The van der Waals surface area contributed by atoms with E-state index in [2.05, 4.69) is 0 Å². The van der Waals surface area contributed by atoms with E-state index in [-0.39, 0.29) is 24.8 Å². The van der Waals surface area contributed by atoms with Crippen molar-refractivity contribution in [3.05, 3.63) is 34.9 Å². The Morgan fingerprint density at radius 3 is 2.58 bits per heavy atom. The molecule has 1 aromatic carbocycles. The third-order valence-corrected chi connectivity index (χ3v) is 2.74. The summed E-state index contributed by atoms with van der Waals surface area (Å²) in [5.41, 5.74) is 0.789. The molecule has 0 unspecified atom stereocenters. The van der Waals surface area contributed by atoms with Crippen molar-refractivity contribution in [1.82, 2.24) is 4.90 Å². The predicted molar refractivity (Wildman–Crippen MR) is 74.2 cm³/mol. The van der Waals surface area contributed by atoms with E-state index in [0.29, 0.717) is 11.6 Å². The lowest BCUT2D eigenvalue weighted by Crippen LogP contribution is -2.39. The number of carbonyl (C=O) groups is 2. The van der Waals surface area contributed by atoms with Crippen LogP contribution >= 0.6 is 11.6 Å². The normalized spacial score (nSPS) is 10.5. The van der Waals surface area contributed by atoms with Crippen LogP contribution in [0.5, 0.6) is 0 Å². The van der Waals surface area contributed by atoms with Crippen LogP contribution in [0, 0.1) is 5.92 Å². The molecule has 0 radical (unpaired) electrons. The number of carboxylic acids is 1. The quantitative estimate of drug-likeness (QED) is 0.872. The fourth-order valence-electron chi connectivity index (χ4n) is 1.79. The molecule has 0 saturated heterocycles. The van der Waals surface area contributed by atoms with Gasteiger partial charge in [-0.2, -0.15) is 0 Å². The van der Waals surface area contributed by atoms with Gasteiger partial charge in [-0.3, -0.25) is 9.59 Å². The summed E-state index contributed by atoms with van der Waals surface area (Å²) in [4.78, 5) is 24.3. The number of carboxylic acid groups (broad SMARTS) is 1. The number of hydrogen-bond donors (Lipinski definition) is 1. The van der Waals surface area contributed by atoms with Crippen molar-refractivity contribution in [2.24, 2.45) is 5.92 Å². The van der Waals surface area contributed by atoms with Crippen LogP contribution in [0.15, 0.2) is 24.3 Å². The lowest BCUT2D eigenvalue weighted by atomic mass is 10.1. The topological polar surface area (TPSA) is 57.6 Å². The molecule has 0 aliphatic rings. The lowest BCUT2D eigenvalue weighted by molar-refractivity contribution is -0.144. The highest BCUT2D eigenvalue weighted by Gasteiger charge is 2.18. The summed E-state index contributed by atoms with van der Waals surface area (Å²) in [7, 11) is 0. The van der Waals surface area contributed by atoms with Gasteiger partial charge in [-0.15, -0.1) is 0 Å². The molecule has 0 aliphatic heterocycles. The Labute approximate surface area is 118 Å². The highest BCUT2D eigenvalue weighted by molar-refractivity contribution is 6.30. The zero-order valence-electron chi connectivity index (χ0n) is 11.1. The van der Waals surface area contributed by atoms with E-state index in [9.17, 15) is 9.59 Å². The fourth-order valence-corrected chi connectivity index (χ4v) is 2.00. The van der Waals surface area contributed by atoms with Crippen LogP contribution in [0.2, 0.25) is 5.02 Å². The molecule has 4 nitrogen and oxygen atoms in total. The lowest BCUT2D eigenvalue weighted by Gasteiger charge is -2.22. The van der Waals surface area contributed by atoms with Gasteiger partial charge in [0, 0.05) is 11.6 Å². The van der Waals surface area contributed by atoms with Gasteiger partial charge in [0.15, 0.2) is 0 Å². The molecule has 19 heavy (non-hydrogen) atoms. The third-order valence-electron chi connectivity index (χ3n) is 2.51. The summed E-state index contributed by atoms with van der Waals surface area (Å²) in [5.74, 6) is -0.971. The van der Waals surface area contributed by atoms with E-state index >= 15 is 0 Å². The number of benzene rings is 1. The Bertz CT molecular complexity index is 460. The molecule has 0 bridgehead atoms. The van der Waals surface area contributed by atoms with Crippen LogP contribution in [-0.4, -0.2) is 35.0 Å². The molecule has 0 atom stereocenters. The summed E-state index contributed by atoms with van der Waals surface area (Å²) >= 11 is 5.86. The number of amides is 1. The highest BCUT2D eigenvalue weighted by Crippen LogP contribution is 2.12. The number of halogens is 1. The molecular weight excluding hydrogens is 266 g/mol. The maximum Gasteiger partial charge on any atom is 0.323 e. The first-order valence-electron chi connectivity index (χ1n) is 6.12. The summed E-state index contributed by atoms with van der Waals surface area (Å²) in [6.45, 7) is 4.06. The van der Waals surface area contributed by atoms with Gasteiger partial charge in [-0.1, -0.05) is 37.6 Å². The second-order valence-electron chi connectivity index (χ2n) is 4.87. The first-order valence-corrected chi connectivity index (χ1v) is 6.50. The Morgan fingerprint density at radius 2 is 2.05 bits per heavy atom. The van der Waals surface area contributed by atoms with Crippen molar-refractivity contribution in [1.29, 1.82) is 0 Å². The second-order valence-corrected chi connectivity index (χ2v) is 5.30. The van der Waals surface area contributed by atoms with Gasteiger partial charge in [0.25, 0.3) is 0 Å². The van der Waals surface area contributed by atoms with Crippen LogP contribution in [0.3, 0.4) is 0 Å². The summed E-state index contributed by atoms with van der Waals surface area (Å²) in [5, 5.41) is 9.41. The van der Waals surface area contributed by atoms with Crippen LogP contribution in [-0.2, 0) is 16.0 Å². The third kappa shape index (κ3) is 5.75. The fraction of sp³-hybridized carbons (Fsp3) is 0.429. The monoisotopic (exact) mass is 283 g/mol. The molecule has 0 aromatic heterocycles. The van der Waals surface area contributed by atoms with E-state index in [0.717, 1.165) is 5.56 Å². The van der Waals surface area contributed by atoms with Crippen molar-refractivity contribution in [3.8, 4) is 0 Å². The smallest absolute Gasteiger partial charge is 0.323 e. The first kappa shape index (κ1) is 15.5. The molecule has 5 heteroatoms. The zero-order chi connectivity index (χ0) is 14.4. The van der Waals surface area contributed by atoms with Gasteiger partial charge in [0.05, 0.1) is 6.42 Å². The predicted octanol–water partition coefficient (Wildman–Crippen LogP) is 2.45.